The van der Waals surface area contributed by atoms with Crippen molar-refractivity contribution in [3.63, 3.8) is 0 Å². The first-order chi connectivity index (χ1) is 16.1. The molecule has 0 aliphatic carbocycles. The van der Waals surface area contributed by atoms with E-state index in [1.165, 1.54) is 18.4 Å². The van der Waals surface area contributed by atoms with Crippen molar-refractivity contribution >= 4 is 33.2 Å². The summed E-state index contributed by atoms with van der Waals surface area (Å²) in [5, 5.41) is 0.566. The first-order valence-corrected chi connectivity index (χ1v) is 11.8. The fourth-order valence-electron chi connectivity index (χ4n) is 4.47. The van der Waals surface area contributed by atoms with E-state index in [1.807, 2.05) is 31.2 Å². The van der Waals surface area contributed by atoms with Crippen molar-refractivity contribution in [1.82, 2.24) is 24.1 Å². The number of fused-ring (bicyclic) bond motifs is 4. The highest BCUT2D eigenvalue weighted by atomic mass is 16.1. The van der Waals surface area contributed by atoms with Crippen LogP contribution in [0.5, 0.6) is 0 Å². The van der Waals surface area contributed by atoms with Gasteiger partial charge in [0.2, 0.25) is 0 Å². The minimum Gasteiger partial charge on any atom is -0.308 e. The van der Waals surface area contributed by atoms with Crippen molar-refractivity contribution in [2.45, 2.75) is 59.5 Å². The van der Waals surface area contributed by atoms with Gasteiger partial charge in [-0.2, -0.15) is 0 Å². The van der Waals surface area contributed by atoms with E-state index >= 15 is 0 Å². The van der Waals surface area contributed by atoms with Crippen LogP contribution in [0.15, 0.2) is 53.3 Å². The highest BCUT2D eigenvalue weighted by molar-refractivity contribution is 6.04. The lowest BCUT2D eigenvalue weighted by molar-refractivity contribution is 0.596. The SMILES string of the molecule is CCCCCCn1c2nc3ccccc3nc2c2c(=O)n(Cc3ccc(C)cc3)c(C)nc21. The normalized spacial score (nSPS) is 11.7. The van der Waals surface area contributed by atoms with Gasteiger partial charge in [0.25, 0.3) is 5.56 Å². The first kappa shape index (κ1) is 21.3. The lowest BCUT2D eigenvalue weighted by atomic mass is 10.1. The monoisotopic (exact) mass is 439 g/mol. The molecule has 3 aromatic heterocycles. The van der Waals surface area contributed by atoms with Gasteiger partial charge < -0.3 is 4.57 Å². The Hall–Kier alpha value is -3.54. The van der Waals surface area contributed by atoms with E-state index in [0.717, 1.165) is 41.6 Å². The molecule has 168 valence electrons. The molecule has 0 spiro atoms. The van der Waals surface area contributed by atoms with Crippen LogP contribution in [0, 0.1) is 13.8 Å². The molecule has 6 nitrogen and oxygen atoms in total. The van der Waals surface area contributed by atoms with Crippen molar-refractivity contribution in [2.75, 3.05) is 0 Å². The predicted octanol–water partition coefficient (Wildman–Crippen LogP) is 5.54. The fourth-order valence-corrected chi connectivity index (χ4v) is 4.47. The molecule has 3 heterocycles. The summed E-state index contributed by atoms with van der Waals surface area (Å²) in [5.41, 5.74) is 5.93. The summed E-state index contributed by atoms with van der Waals surface area (Å²) in [6.45, 7) is 7.44. The largest absolute Gasteiger partial charge is 0.308 e. The molecule has 0 radical (unpaired) electrons. The first-order valence-electron chi connectivity index (χ1n) is 11.8. The van der Waals surface area contributed by atoms with Gasteiger partial charge in [-0.05, 0) is 38.0 Å². The quantitative estimate of drug-likeness (QED) is 0.312. The maximum absolute atomic E-state index is 13.8. The number of unbranched alkanes of at least 4 members (excludes halogenated alkanes) is 3. The number of para-hydroxylation sites is 2. The summed E-state index contributed by atoms with van der Waals surface area (Å²) in [4.78, 5) is 28.5. The standard InChI is InChI=1S/C27H29N5O/c1-4-5-6-9-16-31-25-23(24-26(31)30-22-11-8-7-10-21(22)29-24)27(33)32(19(3)28-25)17-20-14-12-18(2)13-15-20/h7-8,10-15H,4-6,9,16-17H2,1-3H3. The van der Waals surface area contributed by atoms with Crippen molar-refractivity contribution in [3.8, 4) is 0 Å². The Morgan fingerprint density at radius 3 is 2.24 bits per heavy atom. The van der Waals surface area contributed by atoms with Crippen LogP contribution >= 0.6 is 0 Å². The molecule has 0 atom stereocenters. The van der Waals surface area contributed by atoms with Crippen molar-refractivity contribution in [2.24, 2.45) is 0 Å². The van der Waals surface area contributed by atoms with Crippen LogP contribution in [-0.2, 0) is 13.1 Å². The summed E-state index contributed by atoms with van der Waals surface area (Å²) < 4.78 is 3.86. The number of aryl methyl sites for hydroxylation is 3. The Bertz CT molecular complexity index is 1510. The lowest BCUT2D eigenvalue weighted by Gasteiger charge is -2.11. The Morgan fingerprint density at radius 1 is 0.788 bits per heavy atom. The van der Waals surface area contributed by atoms with Crippen LogP contribution in [-0.4, -0.2) is 24.1 Å². The van der Waals surface area contributed by atoms with Gasteiger partial charge >= 0.3 is 0 Å². The van der Waals surface area contributed by atoms with Crippen LogP contribution in [0.4, 0.5) is 0 Å². The zero-order chi connectivity index (χ0) is 22.9. The van der Waals surface area contributed by atoms with Gasteiger partial charge in [-0.25, -0.2) is 15.0 Å². The molecule has 0 N–H and O–H groups in total. The van der Waals surface area contributed by atoms with E-state index in [4.69, 9.17) is 15.0 Å². The molecule has 5 rings (SSSR count). The fraction of sp³-hybridized carbons (Fsp3) is 0.333. The average Bonchev–Trinajstić information content (AvgIpc) is 3.11. The van der Waals surface area contributed by atoms with Gasteiger partial charge in [-0.3, -0.25) is 9.36 Å². The molecule has 0 fully saturated rings. The molecular formula is C27H29N5O. The molecule has 0 aliphatic heterocycles. The van der Waals surface area contributed by atoms with Gasteiger partial charge in [0, 0.05) is 6.54 Å². The minimum absolute atomic E-state index is 0.0556. The van der Waals surface area contributed by atoms with Crippen LogP contribution in [0.25, 0.3) is 33.2 Å². The molecule has 0 bridgehead atoms. The minimum atomic E-state index is -0.0556. The van der Waals surface area contributed by atoms with E-state index in [1.54, 1.807) is 4.57 Å². The third-order valence-corrected chi connectivity index (χ3v) is 6.34. The summed E-state index contributed by atoms with van der Waals surface area (Å²) >= 11 is 0. The van der Waals surface area contributed by atoms with Crippen molar-refractivity contribution in [1.29, 1.82) is 0 Å². The van der Waals surface area contributed by atoms with Gasteiger partial charge in [-0.15, -0.1) is 0 Å². The second-order valence-corrected chi connectivity index (χ2v) is 8.83. The Labute approximate surface area is 192 Å². The Kier molecular flexibility index (Phi) is 5.67. The summed E-state index contributed by atoms with van der Waals surface area (Å²) in [5.74, 6) is 0.704. The average molecular weight is 440 g/mol. The molecule has 0 saturated heterocycles. The van der Waals surface area contributed by atoms with Crippen LogP contribution < -0.4 is 5.56 Å². The van der Waals surface area contributed by atoms with Crippen LogP contribution in [0.2, 0.25) is 0 Å². The predicted molar refractivity (Wildman–Crippen MR) is 134 cm³/mol. The van der Waals surface area contributed by atoms with E-state index in [2.05, 4.69) is 42.7 Å². The zero-order valence-corrected chi connectivity index (χ0v) is 19.5. The smallest absolute Gasteiger partial charge is 0.265 e. The number of aromatic nitrogens is 5. The molecule has 0 aliphatic rings. The van der Waals surface area contributed by atoms with Crippen molar-refractivity contribution < 1.29 is 0 Å². The maximum Gasteiger partial charge on any atom is 0.265 e. The van der Waals surface area contributed by atoms with E-state index in [0.29, 0.717) is 28.9 Å². The Morgan fingerprint density at radius 2 is 1.52 bits per heavy atom. The third-order valence-electron chi connectivity index (χ3n) is 6.34. The van der Waals surface area contributed by atoms with E-state index in [9.17, 15) is 4.79 Å². The zero-order valence-electron chi connectivity index (χ0n) is 19.5. The summed E-state index contributed by atoms with van der Waals surface area (Å²) in [6.07, 6.45) is 4.54. The topological polar surface area (TPSA) is 65.6 Å². The lowest BCUT2D eigenvalue weighted by Crippen LogP contribution is -2.24. The van der Waals surface area contributed by atoms with Gasteiger partial charge in [0.05, 0.1) is 17.6 Å². The number of hydrogen-bond donors (Lipinski definition) is 0. The van der Waals surface area contributed by atoms with Gasteiger partial charge in [-0.1, -0.05) is 68.1 Å². The number of hydrogen-bond acceptors (Lipinski definition) is 4. The number of nitrogens with zero attached hydrogens (tertiary/aromatic N) is 5. The summed E-state index contributed by atoms with van der Waals surface area (Å²) in [7, 11) is 0. The van der Waals surface area contributed by atoms with E-state index in [-0.39, 0.29) is 5.56 Å². The second-order valence-electron chi connectivity index (χ2n) is 8.83. The molecule has 0 amide bonds. The van der Waals surface area contributed by atoms with Gasteiger partial charge in [0.1, 0.15) is 16.7 Å². The van der Waals surface area contributed by atoms with Gasteiger partial charge in [0.15, 0.2) is 11.3 Å². The van der Waals surface area contributed by atoms with Crippen LogP contribution in [0.1, 0.15) is 49.6 Å². The molecule has 0 unspecified atom stereocenters. The number of benzene rings is 2. The molecule has 2 aromatic carbocycles. The second kappa shape index (κ2) is 8.77. The highest BCUT2D eigenvalue weighted by Crippen LogP contribution is 2.26. The summed E-state index contributed by atoms with van der Waals surface area (Å²) in [6, 6.07) is 16.1. The molecule has 6 heteroatoms. The molecular weight excluding hydrogens is 410 g/mol. The maximum atomic E-state index is 13.8. The highest BCUT2D eigenvalue weighted by Gasteiger charge is 2.21. The van der Waals surface area contributed by atoms with Crippen LogP contribution in [0.3, 0.4) is 0 Å². The third kappa shape index (κ3) is 3.90. The molecule has 33 heavy (non-hydrogen) atoms. The Balaban J connectivity index is 1.73. The molecule has 5 aromatic rings. The van der Waals surface area contributed by atoms with E-state index < -0.39 is 0 Å². The van der Waals surface area contributed by atoms with Crippen molar-refractivity contribution in [3.05, 3.63) is 75.8 Å². The number of rotatable bonds is 7. The molecule has 0 saturated carbocycles.